The normalized spacial score (nSPS) is 11.5. The summed E-state index contributed by atoms with van der Waals surface area (Å²) in [6.07, 6.45) is 4.56. The Kier molecular flexibility index (Phi) is 12.9. The zero-order chi connectivity index (χ0) is 30.2. The lowest BCUT2D eigenvalue weighted by Gasteiger charge is -2.20. The first-order valence-corrected chi connectivity index (χ1v) is 13.6. The Morgan fingerprint density at radius 2 is 1.48 bits per heavy atom. The zero-order valence-corrected chi connectivity index (χ0v) is 23.4. The highest BCUT2D eigenvalue weighted by Crippen LogP contribution is 2.27. The lowest BCUT2D eigenvalue weighted by molar-refractivity contribution is -0.134. The van der Waals surface area contributed by atoms with Gasteiger partial charge in [-0.2, -0.15) is 0 Å². The maximum Gasteiger partial charge on any atom is 0.328 e. The van der Waals surface area contributed by atoms with E-state index in [4.69, 9.17) is 14.9 Å². The van der Waals surface area contributed by atoms with Crippen molar-refractivity contribution < 1.29 is 28.9 Å². The second kappa shape index (κ2) is 17.1. The summed E-state index contributed by atoms with van der Waals surface area (Å²) in [5, 5.41) is 19.2. The molecule has 3 aromatic carbocycles. The molecule has 3 N–H and O–H groups in total. The summed E-state index contributed by atoms with van der Waals surface area (Å²) >= 11 is 0. The number of nitrogens with one attached hydrogen (secondary N) is 1. The van der Waals surface area contributed by atoms with Crippen LogP contribution in [0, 0.1) is 5.82 Å². The van der Waals surface area contributed by atoms with Gasteiger partial charge in [0.2, 0.25) is 0 Å². The number of carbonyl (C=O) groups is 2. The van der Waals surface area contributed by atoms with Crippen molar-refractivity contribution in [2.45, 2.75) is 38.3 Å². The molecule has 4 aromatic rings. The third-order valence-electron chi connectivity index (χ3n) is 6.34. The van der Waals surface area contributed by atoms with Gasteiger partial charge in [0, 0.05) is 30.3 Å². The molecule has 0 aliphatic carbocycles. The maximum atomic E-state index is 14.6. The highest BCUT2D eigenvalue weighted by atomic mass is 19.1. The average Bonchev–Trinajstić information content (AvgIpc) is 2.99. The van der Waals surface area contributed by atoms with Crippen LogP contribution in [0.2, 0.25) is 0 Å². The number of nitrogens with zero attached hydrogens (tertiary/aromatic N) is 1. The number of carboxylic acid groups (broad SMARTS) is 2. The average molecular weight is 571 g/mol. The molecule has 7 nitrogen and oxygen atoms in total. The summed E-state index contributed by atoms with van der Waals surface area (Å²) in [6, 6.07) is 32.3. The molecule has 0 saturated carbocycles. The Balaban J connectivity index is 0.000000531. The fraction of sp³-hybridized carbons (Fsp3) is 0.206. The van der Waals surface area contributed by atoms with Gasteiger partial charge < -0.3 is 20.3 Å². The van der Waals surface area contributed by atoms with Crippen LogP contribution in [0.1, 0.15) is 41.6 Å². The van der Waals surface area contributed by atoms with Crippen molar-refractivity contribution >= 4 is 11.9 Å². The van der Waals surface area contributed by atoms with E-state index in [1.54, 1.807) is 18.3 Å². The van der Waals surface area contributed by atoms with Crippen molar-refractivity contribution in [3.8, 4) is 5.75 Å². The van der Waals surface area contributed by atoms with E-state index in [-0.39, 0.29) is 24.2 Å². The number of hydrogen-bond acceptors (Lipinski definition) is 5. The first-order valence-electron chi connectivity index (χ1n) is 13.6. The van der Waals surface area contributed by atoms with Crippen LogP contribution in [0.3, 0.4) is 0 Å². The number of ether oxygens (including phenoxy) is 1. The van der Waals surface area contributed by atoms with E-state index in [1.165, 1.54) is 11.1 Å². The van der Waals surface area contributed by atoms with Crippen LogP contribution in [-0.4, -0.2) is 39.7 Å². The highest BCUT2D eigenvalue weighted by Gasteiger charge is 2.14. The van der Waals surface area contributed by atoms with Gasteiger partial charge in [-0.25, -0.2) is 14.0 Å². The van der Waals surface area contributed by atoms with Crippen molar-refractivity contribution in [1.82, 2.24) is 10.3 Å². The first kappa shape index (κ1) is 31.7. The molecule has 1 aromatic heterocycles. The third-order valence-corrected chi connectivity index (χ3v) is 6.34. The molecule has 0 amide bonds. The summed E-state index contributed by atoms with van der Waals surface area (Å²) in [5.74, 6) is -2.26. The molecule has 0 fully saturated rings. The largest absolute Gasteiger partial charge is 0.484 e. The zero-order valence-electron chi connectivity index (χ0n) is 23.4. The highest BCUT2D eigenvalue weighted by molar-refractivity contribution is 5.89. The number of pyridine rings is 1. The minimum absolute atomic E-state index is 0.229. The molecule has 0 bridgehead atoms. The minimum Gasteiger partial charge on any atom is -0.484 e. The Labute approximate surface area is 245 Å². The monoisotopic (exact) mass is 570 g/mol. The van der Waals surface area contributed by atoms with Crippen LogP contribution in [-0.2, 0) is 22.6 Å². The molecule has 1 heterocycles. The number of aliphatic carboxylic acids is 2. The lowest BCUT2D eigenvalue weighted by Crippen LogP contribution is -2.30. The minimum atomic E-state index is -1.26. The molecule has 0 aliphatic heterocycles. The lowest BCUT2D eigenvalue weighted by atomic mass is 9.88. The van der Waals surface area contributed by atoms with Gasteiger partial charge >= 0.3 is 11.9 Å². The predicted molar refractivity (Wildman–Crippen MR) is 160 cm³/mol. The molecular weight excluding hydrogens is 535 g/mol. The van der Waals surface area contributed by atoms with Gasteiger partial charge in [-0.15, -0.1) is 0 Å². The number of hydrogen-bond donors (Lipinski definition) is 3. The summed E-state index contributed by atoms with van der Waals surface area (Å²) in [6.45, 7) is 3.27. The SMILES string of the molecule is CC(Cc1ccc(OCc2ccccn2)c(F)c1)NCCC(c1ccccc1)c1ccccc1.O=C(O)/C=C\C(=O)O. The van der Waals surface area contributed by atoms with Crippen LogP contribution >= 0.6 is 0 Å². The first-order chi connectivity index (χ1) is 20.3. The Hall–Kier alpha value is -4.82. The van der Waals surface area contributed by atoms with Crippen LogP contribution in [0.25, 0.3) is 0 Å². The van der Waals surface area contributed by atoms with Crippen LogP contribution in [0.15, 0.2) is 115 Å². The van der Waals surface area contributed by atoms with E-state index < -0.39 is 11.9 Å². The molecule has 0 spiro atoms. The van der Waals surface area contributed by atoms with Crippen LogP contribution < -0.4 is 10.1 Å². The molecular formula is C34H35FN2O5. The topological polar surface area (TPSA) is 109 Å². The molecule has 4 rings (SSSR count). The van der Waals surface area contributed by atoms with Crippen LogP contribution in [0.4, 0.5) is 4.39 Å². The standard InChI is InChI=1S/C30H31FN2O.C4H4O4/c1-23(20-24-15-16-30(29(31)21-24)34-22-27-14-8-9-18-33-27)32-19-17-28(25-10-4-2-5-11-25)26-12-6-3-7-13-26;5-3(6)1-2-4(7)8/h2-16,18,21,23,28,32H,17,19-20,22H2,1H3;1-2H,(H,5,6)(H,7,8)/b;2-1-. The van der Waals surface area contributed by atoms with E-state index >= 15 is 0 Å². The summed E-state index contributed by atoms with van der Waals surface area (Å²) in [7, 11) is 0. The summed E-state index contributed by atoms with van der Waals surface area (Å²) in [5.41, 5.74) is 4.37. The summed E-state index contributed by atoms with van der Waals surface area (Å²) < 4.78 is 20.2. The van der Waals surface area contributed by atoms with Gasteiger partial charge in [-0.05, 0) is 67.3 Å². The molecule has 0 saturated heterocycles. The van der Waals surface area contributed by atoms with E-state index in [0.717, 1.165) is 30.6 Å². The summed E-state index contributed by atoms with van der Waals surface area (Å²) in [4.78, 5) is 23.3. The van der Waals surface area contributed by atoms with Crippen molar-refractivity contribution in [1.29, 1.82) is 0 Å². The van der Waals surface area contributed by atoms with Gasteiger partial charge in [-0.1, -0.05) is 72.8 Å². The number of rotatable bonds is 13. The fourth-order valence-corrected chi connectivity index (χ4v) is 4.36. The van der Waals surface area contributed by atoms with E-state index in [0.29, 0.717) is 18.1 Å². The maximum absolute atomic E-state index is 14.6. The number of carboxylic acids is 2. The van der Waals surface area contributed by atoms with Crippen molar-refractivity contribution in [3.05, 3.63) is 144 Å². The Morgan fingerprint density at radius 3 is 2.00 bits per heavy atom. The molecule has 1 unspecified atom stereocenters. The third kappa shape index (κ3) is 11.3. The van der Waals surface area contributed by atoms with Crippen molar-refractivity contribution in [3.63, 3.8) is 0 Å². The van der Waals surface area contributed by atoms with Gasteiger partial charge in [0.15, 0.2) is 11.6 Å². The Bertz CT molecular complexity index is 1360. The second-order valence-electron chi connectivity index (χ2n) is 9.61. The van der Waals surface area contributed by atoms with Gasteiger partial charge in [0.1, 0.15) is 6.61 Å². The predicted octanol–water partition coefficient (Wildman–Crippen LogP) is 6.25. The molecule has 1 atom stereocenters. The molecule has 0 aliphatic rings. The smallest absolute Gasteiger partial charge is 0.328 e. The Morgan fingerprint density at radius 1 is 0.881 bits per heavy atom. The quantitative estimate of drug-likeness (QED) is 0.163. The van der Waals surface area contributed by atoms with Crippen molar-refractivity contribution in [2.24, 2.45) is 0 Å². The van der Waals surface area contributed by atoms with E-state index in [1.807, 2.05) is 24.3 Å². The van der Waals surface area contributed by atoms with Crippen LogP contribution in [0.5, 0.6) is 5.75 Å². The molecule has 0 radical (unpaired) electrons. The second-order valence-corrected chi connectivity index (χ2v) is 9.61. The fourth-order valence-electron chi connectivity index (χ4n) is 4.36. The number of aromatic nitrogens is 1. The molecule has 8 heteroatoms. The van der Waals surface area contributed by atoms with Crippen molar-refractivity contribution in [2.75, 3.05) is 6.54 Å². The van der Waals surface area contributed by atoms with E-state index in [9.17, 15) is 14.0 Å². The molecule has 218 valence electrons. The molecule has 42 heavy (non-hydrogen) atoms. The van der Waals surface area contributed by atoms with E-state index in [2.05, 4.69) is 77.9 Å². The number of benzene rings is 3. The van der Waals surface area contributed by atoms with Gasteiger partial charge in [0.05, 0.1) is 5.69 Å². The van der Waals surface area contributed by atoms with Gasteiger partial charge in [0.25, 0.3) is 0 Å². The van der Waals surface area contributed by atoms with Gasteiger partial charge in [-0.3, -0.25) is 4.98 Å². The number of halogens is 1.